The molecule has 1 saturated heterocycles. The van der Waals surface area contributed by atoms with Crippen LogP contribution in [-0.2, 0) is 9.59 Å². The highest BCUT2D eigenvalue weighted by molar-refractivity contribution is 6.35. The molecule has 2 rings (SSSR count). The van der Waals surface area contributed by atoms with Crippen molar-refractivity contribution in [1.82, 2.24) is 20.7 Å². The van der Waals surface area contributed by atoms with Crippen molar-refractivity contribution in [3.63, 3.8) is 0 Å². The fourth-order valence-corrected chi connectivity index (χ4v) is 2.25. The van der Waals surface area contributed by atoms with Crippen LogP contribution in [0.25, 0.3) is 0 Å². The lowest BCUT2D eigenvalue weighted by Crippen LogP contribution is -2.48. The van der Waals surface area contributed by atoms with Gasteiger partial charge in [-0.2, -0.15) is 0 Å². The summed E-state index contributed by atoms with van der Waals surface area (Å²) in [4.78, 5) is 48.8. The Balaban J connectivity index is 1.92. The molecule has 2 N–H and O–H groups in total. The number of rotatable bonds is 3. The fourth-order valence-electron chi connectivity index (χ4n) is 1.87. The molecular formula is C13H12Cl2N4O4. The van der Waals surface area contributed by atoms with Crippen LogP contribution in [0.5, 0.6) is 0 Å². The maximum absolute atomic E-state index is 11.9. The summed E-state index contributed by atoms with van der Waals surface area (Å²) in [6.45, 7) is -0.581. The number of carbonyl (C=O) groups is 4. The van der Waals surface area contributed by atoms with E-state index >= 15 is 0 Å². The average molecular weight is 359 g/mol. The topological polar surface area (TPSA) is 98.8 Å². The van der Waals surface area contributed by atoms with E-state index in [-0.39, 0.29) is 17.1 Å². The molecule has 0 atom stereocenters. The average Bonchev–Trinajstić information content (AvgIpc) is 2.73. The van der Waals surface area contributed by atoms with Crippen LogP contribution in [0.1, 0.15) is 10.4 Å². The molecule has 0 bridgehead atoms. The van der Waals surface area contributed by atoms with E-state index < -0.39 is 30.3 Å². The molecule has 1 aromatic carbocycles. The standard InChI is InChI=1S/C13H12Cl2N4O4/c1-18-6-11(21)19(13(18)23)5-10(20)16-17-12(22)8-4-7(14)2-3-9(8)15/h2-4H,5-6H2,1H3,(H,16,20)(H,17,22). The highest BCUT2D eigenvalue weighted by Crippen LogP contribution is 2.20. The number of amides is 5. The second-order valence-electron chi connectivity index (χ2n) is 4.74. The number of nitrogens with one attached hydrogen (secondary N) is 2. The summed E-state index contributed by atoms with van der Waals surface area (Å²) in [6.07, 6.45) is 0. The molecule has 1 aromatic rings. The van der Waals surface area contributed by atoms with Crippen LogP contribution in [0.3, 0.4) is 0 Å². The molecule has 5 amide bonds. The first-order valence-electron chi connectivity index (χ1n) is 6.39. The van der Waals surface area contributed by atoms with Crippen molar-refractivity contribution in [3.8, 4) is 0 Å². The first-order chi connectivity index (χ1) is 10.8. The second-order valence-corrected chi connectivity index (χ2v) is 5.59. The van der Waals surface area contributed by atoms with Gasteiger partial charge in [-0.1, -0.05) is 23.2 Å². The normalized spacial score (nSPS) is 14.2. The van der Waals surface area contributed by atoms with E-state index in [0.717, 1.165) is 4.90 Å². The Morgan fingerprint density at radius 1 is 1.22 bits per heavy atom. The van der Waals surface area contributed by atoms with E-state index in [1.807, 2.05) is 0 Å². The SMILES string of the molecule is CN1CC(=O)N(CC(=O)NNC(=O)c2cc(Cl)ccc2Cl)C1=O. The van der Waals surface area contributed by atoms with E-state index in [4.69, 9.17) is 23.2 Å². The van der Waals surface area contributed by atoms with Gasteiger partial charge in [0, 0.05) is 12.1 Å². The summed E-state index contributed by atoms with van der Waals surface area (Å²) in [6, 6.07) is 3.72. The highest BCUT2D eigenvalue weighted by atomic mass is 35.5. The molecule has 0 radical (unpaired) electrons. The van der Waals surface area contributed by atoms with Gasteiger partial charge < -0.3 is 4.90 Å². The molecule has 23 heavy (non-hydrogen) atoms. The zero-order valence-electron chi connectivity index (χ0n) is 11.9. The van der Waals surface area contributed by atoms with E-state index in [9.17, 15) is 19.2 Å². The predicted molar refractivity (Wildman–Crippen MR) is 81.8 cm³/mol. The van der Waals surface area contributed by atoms with Crippen molar-refractivity contribution in [2.24, 2.45) is 0 Å². The van der Waals surface area contributed by atoms with Crippen LogP contribution < -0.4 is 10.9 Å². The van der Waals surface area contributed by atoms with Crippen molar-refractivity contribution >= 4 is 47.0 Å². The smallest absolute Gasteiger partial charge is 0.318 e. The lowest BCUT2D eigenvalue weighted by molar-refractivity contribution is -0.131. The molecule has 1 fully saturated rings. The van der Waals surface area contributed by atoms with E-state index in [1.165, 1.54) is 30.1 Å². The Kier molecular flexibility index (Phi) is 5.07. The molecule has 1 heterocycles. The molecule has 8 nitrogen and oxygen atoms in total. The van der Waals surface area contributed by atoms with Crippen molar-refractivity contribution in [1.29, 1.82) is 0 Å². The first-order valence-corrected chi connectivity index (χ1v) is 7.15. The molecule has 122 valence electrons. The van der Waals surface area contributed by atoms with Gasteiger partial charge in [0.25, 0.3) is 17.7 Å². The van der Waals surface area contributed by atoms with Crippen LogP contribution >= 0.6 is 23.2 Å². The maximum Gasteiger partial charge on any atom is 0.327 e. The maximum atomic E-state index is 11.9. The van der Waals surface area contributed by atoms with E-state index in [0.29, 0.717) is 5.02 Å². The molecule has 0 aromatic heterocycles. The summed E-state index contributed by atoms with van der Waals surface area (Å²) in [5, 5.41) is 0.467. The predicted octanol–water partition coefficient (Wildman–Crippen LogP) is 0.648. The van der Waals surface area contributed by atoms with Gasteiger partial charge in [-0.3, -0.25) is 30.1 Å². The zero-order valence-corrected chi connectivity index (χ0v) is 13.4. The van der Waals surface area contributed by atoms with Gasteiger partial charge in [0.2, 0.25) is 0 Å². The van der Waals surface area contributed by atoms with Gasteiger partial charge >= 0.3 is 6.03 Å². The third-order valence-electron chi connectivity index (χ3n) is 3.02. The molecule has 0 aliphatic carbocycles. The Labute approximate surface area is 141 Å². The quantitative estimate of drug-likeness (QED) is 0.612. The lowest BCUT2D eigenvalue weighted by atomic mass is 10.2. The third kappa shape index (κ3) is 3.91. The number of imide groups is 1. The van der Waals surface area contributed by atoms with Crippen LogP contribution in [-0.4, -0.2) is 53.7 Å². The number of carbonyl (C=O) groups excluding carboxylic acids is 4. The van der Waals surface area contributed by atoms with Gasteiger partial charge in [0.15, 0.2) is 0 Å². The number of hydrogen-bond acceptors (Lipinski definition) is 4. The van der Waals surface area contributed by atoms with Crippen LogP contribution in [0.2, 0.25) is 10.0 Å². The van der Waals surface area contributed by atoms with Crippen molar-refractivity contribution in [2.75, 3.05) is 20.1 Å². The number of hydrogen-bond donors (Lipinski definition) is 2. The van der Waals surface area contributed by atoms with Crippen molar-refractivity contribution < 1.29 is 19.2 Å². The van der Waals surface area contributed by atoms with Gasteiger partial charge in [-0.05, 0) is 18.2 Å². The Hall–Kier alpha value is -2.32. The zero-order chi connectivity index (χ0) is 17.1. The number of likely N-dealkylation sites (N-methyl/N-ethyl adjacent to an activating group) is 1. The summed E-state index contributed by atoms with van der Waals surface area (Å²) >= 11 is 11.6. The Bertz CT molecular complexity index is 695. The molecular weight excluding hydrogens is 347 g/mol. The fraction of sp³-hybridized carbons (Fsp3) is 0.231. The highest BCUT2D eigenvalue weighted by Gasteiger charge is 2.34. The molecule has 10 heteroatoms. The molecule has 0 saturated carbocycles. The van der Waals surface area contributed by atoms with E-state index in [1.54, 1.807) is 0 Å². The van der Waals surface area contributed by atoms with Crippen LogP contribution in [0.4, 0.5) is 4.79 Å². The number of benzene rings is 1. The summed E-state index contributed by atoms with van der Waals surface area (Å²) < 4.78 is 0. The summed E-state index contributed by atoms with van der Waals surface area (Å²) in [5.74, 6) is -1.90. The Morgan fingerprint density at radius 2 is 1.91 bits per heavy atom. The van der Waals surface area contributed by atoms with Crippen molar-refractivity contribution in [3.05, 3.63) is 33.8 Å². The number of urea groups is 1. The first kappa shape index (κ1) is 17.0. The van der Waals surface area contributed by atoms with Gasteiger partial charge in [0.05, 0.1) is 10.6 Å². The Morgan fingerprint density at radius 3 is 2.52 bits per heavy atom. The minimum absolute atomic E-state index is 0.0764. The minimum atomic E-state index is -0.728. The van der Waals surface area contributed by atoms with Gasteiger partial charge in [-0.25, -0.2) is 4.79 Å². The minimum Gasteiger partial charge on any atom is -0.318 e. The van der Waals surface area contributed by atoms with Gasteiger partial charge in [-0.15, -0.1) is 0 Å². The molecule has 1 aliphatic rings. The van der Waals surface area contributed by atoms with E-state index in [2.05, 4.69) is 10.9 Å². The molecule has 0 spiro atoms. The second kappa shape index (κ2) is 6.84. The largest absolute Gasteiger partial charge is 0.327 e. The number of hydrazine groups is 1. The third-order valence-corrected chi connectivity index (χ3v) is 3.59. The number of halogens is 2. The number of nitrogens with zero attached hydrogens (tertiary/aromatic N) is 2. The van der Waals surface area contributed by atoms with Gasteiger partial charge in [0.1, 0.15) is 13.1 Å². The van der Waals surface area contributed by atoms with Crippen molar-refractivity contribution in [2.45, 2.75) is 0 Å². The van der Waals surface area contributed by atoms with Crippen LogP contribution in [0, 0.1) is 0 Å². The summed E-state index contributed by atoms with van der Waals surface area (Å²) in [7, 11) is 1.45. The summed E-state index contributed by atoms with van der Waals surface area (Å²) in [5.41, 5.74) is 4.32. The monoisotopic (exact) mass is 358 g/mol. The molecule has 0 unspecified atom stereocenters. The molecule has 1 aliphatic heterocycles. The van der Waals surface area contributed by atoms with Crippen LogP contribution in [0.15, 0.2) is 18.2 Å². The lowest BCUT2D eigenvalue weighted by Gasteiger charge is -2.14.